The third-order valence-corrected chi connectivity index (χ3v) is 5.22. The van der Waals surface area contributed by atoms with E-state index in [0.717, 1.165) is 63.9 Å². The van der Waals surface area contributed by atoms with Crippen molar-refractivity contribution in [1.29, 1.82) is 0 Å². The number of carbonyl (C=O) groups excluding carboxylic acids is 2. The molecule has 24 heavy (non-hydrogen) atoms. The molecule has 2 N–H and O–H groups in total. The largest absolute Gasteiger partial charge is 0.467 e. The van der Waals surface area contributed by atoms with Gasteiger partial charge in [0.1, 0.15) is 5.76 Å². The van der Waals surface area contributed by atoms with Crippen LogP contribution in [0.5, 0.6) is 0 Å². The highest BCUT2D eigenvalue weighted by molar-refractivity contribution is 5.79. The van der Waals surface area contributed by atoms with E-state index >= 15 is 0 Å². The molecule has 2 aliphatic heterocycles. The highest BCUT2D eigenvalue weighted by Gasteiger charge is 2.34. The lowest BCUT2D eigenvalue weighted by Crippen LogP contribution is -2.45. The van der Waals surface area contributed by atoms with Gasteiger partial charge in [-0.3, -0.25) is 14.5 Å². The third kappa shape index (κ3) is 3.98. The summed E-state index contributed by atoms with van der Waals surface area (Å²) in [6.07, 6.45) is 7.61. The maximum atomic E-state index is 13.1. The lowest BCUT2D eigenvalue weighted by molar-refractivity contribution is -0.140. The standard InChI is InChI=1S/C18H27N3O3/c19-17(22)13-20-10-7-14(8-11-20)18(23)21-9-3-1-2-5-15(21)16-6-4-12-24-16/h4,6,12,14-15H,1-3,5,7-11,13H2,(H2,19,22). The van der Waals surface area contributed by atoms with Crippen molar-refractivity contribution in [2.75, 3.05) is 26.2 Å². The van der Waals surface area contributed by atoms with Crippen LogP contribution in [0.1, 0.15) is 50.3 Å². The lowest BCUT2D eigenvalue weighted by atomic mass is 9.94. The molecular weight excluding hydrogens is 306 g/mol. The highest BCUT2D eigenvalue weighted by atomic mass is 16.3. The molecule has 0 aromatic carbocycles. The number of rotatable bonds is 4. The molecule has 132 valence electrons. The van der Waals surface area contributed by atoms with Crippen molar-refractivity contribution in [2.45, 2.75) is 44.6 Å². The van der Waals surface area contributed by atoms with Gasteiger partial charge in [-0.2, -0.15) is 0 Å². The molecular formula is C18H27N3O3. The van der Waals surface area contributed by atoms with Crippen LogP contribution in [0.2, 0.25) is 0 Å². The molecule has 0 saturated carbocycles. The molecule has 1 unspecified atom stereocenters. The predicted molar refractivity (Wildman–Crippen MR) is 90.0 cm³/mol. The Kier molecular flexibility index (Phi) is 5.56. The molecule has 2 amide bonds. The Labute approximate surface area is 143 Å². The fraction of sp³-hybridized carbons (Fsp3) is 0.667. The molecule has 1 aromatic heterocycles. The molecule has 1 atom stereocenters. The fourth-order valence-corrected chi connectivity index (χ4v) is 3.94. The van der Waals surface area contributed by atoms with Crippen LogP contribution in [-0.2, 0) is 9.59 Å². The molecule has 0 aliphatic carbocycles. The van der Waals surface area contributed by atoms with Gasteiger partial charge >= 0.3 is 0 Å². The number of primary amides is 1. The van der Waals surface area contributed by atoms with Gasteiger partial charge in [0.25, 0.3) is 0 Å². The summed E-state index contributed by atoms with van der Waals surface area (Å²) in [5.41, 5.74) is 5.26. The van der Waals surface area contributed by atoms with Gasteiger partial charge in [0, 0.05) is 12.5 Å². The zero-order valence-electron chi connectivity index (χ0n) is 14.2. The first-order valence-electron chi connectivity index (χ1n) is 8.99. The Morgan fingerprint density at radius 2 is 1.92 bits per heavy atom. The molecule has 6 heteroatoms. The molecule has 2 saturated heterocycles. The maximum absolute atomic E-state index is 13.1. The molecule has 3 rings (SSSR count). The SMILES string of the molecule is NC(=O)CN1CCC(C(=O)N2CCCCCC2c2ccco2)CC1. The summed E-state index contributed by atoms with van der Waals surface area (Å²) in [5.74, 6) is 0.892. The first-order chi connectivity index (χ1) is 11.6. The second-order valence-corrected chi connectivity index (χ2v) is 6.93. The number of furan rings is 1. The highest BCUT2D eigenvalue weighted by Crippen LogP contribution is 2.33. The van der Waals surface area contributed by atoms with E-state index in [0.29, 0.717) is 6.54 Å². The molecule has 2 aliphatic rings. The summed E-state index contributed by atoms with van der Waals surface area (Å²) >= 11 is 0. The van der Waals surface area contributed by atoms with E-state index in [-0.39, 0.29) is 23.8 Å². The van der Waals surface area contributed by atoms with Gasteiger partial charge < -0.3 is 15.1 Å². The Bertz CT molecular complexity index is 550. The van der Waals surface area contributed by atoms with Crippen LogP contribution in [0.15, 0.2) is 22.8 Å². The second-order valence-electron chi connectivity index (χ2n) is 6.93. The van der Waals surface area contributed by atoms with E-state index in [1.165, 1.54) is 0 Å². The van der Waals surface area contributed by atoms with Crippen molar-refractivity contribution in [3.8, 4) is 0 Å². The Morgan fingerprint density at radius 3 is 2.58 bits per heavy atom. The minimum absolute atomic E-state index is 0.0460. The van der Waals surface area contributed by atoms with Gasteiger partial charge in [-0.15, -0.1) is 0 Å². The number of nitrogens with zero attached hydrogens (tertiary/aromatic N) is 2. The summed E-state index contributed by atoms with van der Waals surface area (Å²) in [6.45, 7) is 2.63. The van der Waals surface area contributed by atoms with Crippen LogP contribution in [0.25, 0.3) is 0 Å². The quantitative estimate of drug-likeness (QED) is 0.913. The summed E-state index contributed by atoms with van der Waals surface area (Å²) in [5, 5.41) is 0. The minimum Gasteiger partial charge on any atom is -0.467 e. The number of hydrogen-bond acceptors (Lipinski definition) is 4. The van der Waals surface area contributed by atoms with Crippen LogP contribution in [0.4, 0.5) is 0 Å². The van der Waals surface area contributed by atoms with Crippen LogP contribution in [0.3, 0.4) is 0 Å². The lowest BCUT2D eigenvalue weighted by Gasteiger charge is -2.36. The zero-order valence-corrected chi connectivity index (χ0v) is 14.2. The Morgan fingerprint density at radius 1 is 1.12 bits per heavy atom. The van der Waals surface area contributed by atoms with Gasteiger partial charge in [-0.05, 0) is 50.9 Å². The predicted octanol–water partition coefficient (Wildman–Crippen LogP) is 1.92. The molecule has 0 bridgehead atoms. The van der Waals surface area contributed by atoms with Crippen molar-refractivity contribution in [3.63, 3.8) is 0 Å². The van der Waals surface area contributed by atoms with Gasteiger partial charge in [0.15, 0.2) is 0 Å². The van der Waals surface area contributed by atoms with E-state index in [2.05, 4.69) is 0 Å². The van der Waals surface area contributed by atoms with E-state index in [9.17, 15) is 9.59 Å². The summed E-state index contributed by atoms with van der Waals surface area (Å²) in [6, 6.07) is 3.94. The van der Waals surface area contributed by atoms with Crippen molar-refractivity contribution in [3.05, 3.63) is 24.2 Å². The monoisotopic (exact) mass is 333 g/mol. The number of piperidine rings is 1. The van der Waals surface area contributed by atoms with E-state index in [1.807, 2.05) is 21.9 Å². The van der Waals surface area contributed by atoms with Gasteiger partial charge in [-0.25, -0.2) is 0 Å². The van der Waals surface area contributed by atoms with Gasteiger partial charge in [0.2, 0.25) is 11.8 Å². The number of likely N-dealkylation sites (tertiary alicyclic amines) is 2. The van der Waals surface area contributed by atoms with Crippen LogP contribution < -0.4 is 5.73 Å². The molecule has 0 radical (unpaired) electrons. The number of carbonyl (C=O) groups is 2. The topological polar surface area (TPSA) is 79.8 Å². The number of amides is 2. The summed E-state index contributed by atoms with van der Waals surface area (Å²) in [7, 11) is 0. The average Bonchev–Trinajstić information content (AvgIpc) is 2.99. The molecule has 6 nitrogen and oxygen atoms in total. The number of nitrogens with two attached hydrogens (primary N) is 1. The Hall–Kier alpha value is -1.82. The van der Waals surface area contributed by atoms with Crippen molar-refractivity contribution < 1.29 is 14.0 Å². The summed E-state index contributed by atoms with van der Waals surface area (Å²) in [4.78, 5) is 28.2. The number of hydrogen-bond donors (Lipinski definition) is 1. The van der Waals surface area contributed by atoms with Crippen LogP contribution in [-0.4, -0.2) is 47.8 Å². The molecule has 2 fully saturated rings. The first kappa shape index (κ1) is 17.0. The van der Waals surface area contributed by atoms with Crippen molar-refractivity contribution in [2.24, 2.45) is 11.7 Å². The maximum Gasteiger partial charge on any atom is 0.231 e. The van der Waals surface area contributed by atoms with Gasteiger partial charge in [0.05, 0.1) is 18.8 Å². The Balaban J connectivity index is 1.65. The van der Waals surface area contributed by atoms with Crippen LogP contribution >= 0.6 is 0 Å². The molecule has 3 heterocycles. The normalized spacial score (nSPS) is 23.8. The fourth-order valence-electron chi connectivity index (χ4n) is 3.94. The van der Waals surface area contributed by atoms with Crippen molar-refractivity contribution >= 4 is 11.8 Å². The zero-order chi connectivity index (χ0) is 16.9. The van der Waals surface area contributed by atoms with Gasteiger partial charge in [-0.1, -0.05) is 12.8 Å². The smallest absolute Gasteiger partial charge is 0.231 e. The minimum atomic E-state index is -0.301. The van der Waals surface area contributed by atoms with Crippen molar-refractivity contribution in [1.82, 2.24) is 9.80 Å². The third-order valence-electron chi connectivity index (χ3n) is 5.22. The van der Waals surface area contributed by atoms with E-state index < -0.39 is 0 Å². The second kappa shape index (κ2) is 7.83. The van der Waals surface area contributed by atoms with E-state index in [4.69, 9.17) is 10.2 Å². The summed E-state index contributed by atoms with van der Waals surface area (Å²) < 4.78 is 5.60. The molecule has 0 spiro atoms. The first-order valence-corrected chi connectivity index (χ1v) is 8.99. The average molecular weight is 333 g/mol. The van der Waals surface area contributed by atoms with Crippen LogP contribution in [0, 0.1) is 5.92 Å². The molecule has 1 aromatic rings. The van der Waals surface area contributed by atoms with E-state index in [1.54, 1.807) is 6.26 Å².